The van der Waals surface area contributed by atoms with Crippen LogP contribution >= 0.6 is 11.8 Å². The molecule has 1 N–H and O–H groups in total. The molecule has 0 saturated carbocycles. The van der Waals surface area contributed by atoms with E-state index >= 15 is 0 Å². The lowest BCUT2D eigenvalue weighted by molar-refractivity contribution is -0.139. The van der Waals surface area contributed by atoms with Gasteiger partial charge in [0, 0.05) is 11.4 Å². The third-order valence-corrected chi connectivity index (χ3v) is 6.43. The number of carbonyl (C=O) groups excluding carboxylic acids is 1. The van der Waals surface area contributed by atoms with Crippen molar-refractivity contribution in [1.29, 1.82) is 0 Å². The standard InChI is InChI=1S/C25H36N4O3S/c1-5-8-9-10-16-31-20-13-11-19(12-14-20)22-21(23(30)32-15-6-2)18(4)26-24-27-25(28-29(22)24)33-17-7-3/h11-14,22H,5-10,15-17H2,1-4H3,(H,26,27,28). The van der Waals surface area contributed by atoms with Gasteiger partial charge in [0.05, 0.1) is 18.8 Å². The summed E-state index contributed by atoms with van der Waals surface area (Å²) in [6, 6.07) is 7.52. The zero-order chi connectivity index (χ0) is 23.6. The molecule has 0 fully saturated rings. The summed E-state index contributed by atoms with van der Waals surface area (Å²) < 4.78 is 13.2. The van der Waals surface area contributed by atoms with E-state index in [4.69, 9.17) is 14.6 Å². The number of benzene rings is 1. The van der Waals surface area contributed by atoms with Crippen molar-refractivity contribution in [3.05, 3.63) is 41.1 Å². The summed E-state index contributed by atoms with van der Waals surface area (Å²) in [6.45, 7) is 9.31. The Balaban J connectivity index is 1.86. The molecule has 1 unspecified atom stereocenters. The zero-order valence-electron chi connectivity index (χ0n) is 20.2. The van der Waals surface area contributed by atoms with Crippen molar-refractivity contribution >= 4 is 23.7 Å². The number of aromatic nitrogens is 3. The number of rotatable bonds is 13. The zero-order valence-corrected chi connectivity index (χ0v) is 21.0. The maximum Gasteiger partial charge on any atom is 0.338 e. The first-order valence-electron chi connectivity index (χ1n) is 12.1. The van der Waals surface area contributed by atoms with Gasteiger partial charge in [-0.1, -0.05) is 63.9 Å². The molecule has 0 spiro atoms. The first-order valence-corrected chi connectivity index (χ1v) is 13.0. The van der Waals surface area contributed by atoms with E-state index in [-0.39, 0.29) is 5.97 Å². The van der Waals surface area contributed by atoms with Crippen LogP contribution in [-0.4, -0.2) is 39.7 Å². The molecule has 1 aromatic heterocycles. The van der Waals surface area contributed by atoms with E-state index < -0.39 is 6.04 Å². The quantitative estimate of drug-likeness (QED) is 0.218. The number of ether oxygens (including phenoxy) is 2. The number of nitrogens with one attached hydrogen (secondary N) is 1. The van der Waals surface area contributed by atoms with Gasteiger partial charge in [0.2, 0.25) is 11.1 Å². The highest BCUT2D eigenvalue weighted by Gasteiger charge is 2.35. The fourth-order valence-corrected chi connectivity index (χ4v) is 4.38. The predicted octanol–water partition coefficient (Wildman–Crippen LogP) is 5.98. The highest BCUT2D eigenvalue weighted by Crippen LogP contribution is 2.37. The fourth-order valence-electron chi connectivity index (χ4n) is 3.70. The smallest absolute Gasteiger partial charge is 0.338 e. The monoisotopic (exact) mass is 472 g/mol. The average Bonchev–Trinajstić information content (AvgIpc) is 3.23. The van der Waals surface area contributed by atoms with Gasteiger partial charge in [-0.05, 0) is 43.9 Å². The highest BCUT2D eigenvalue weighted by molar-refractivity contribution is 7.99. The number of thioether (sulfide) groups is 1. The van der Waals surface area contributed by atoms with Crippen LogP contribution in [0.2, 0.25) is 0 Å². The Morgan fingerprint density at radius 1 is 1.06 bits per heavy atom. The minimum atomic E-state index is -0.410. The summed E-state index contributed by atoms with van der Waals surface area (Å²) >= 11 is 1.62. The molecule has 1 aliphatic heterocycles. The maximum atomic E-state index is 13.0. The number of hydrogen-bond donors (Lipinski definition) is 1. The van der Waals surface area contributed by atoms with Gasteiger partial charge in [-0.2, -0.15) is 4.98 Å². The molecule has 8 heteroatoms. The molecule has 0 radical (unpaired) electrons. The van der Waals surface area contributed by atoms with Crippen LogP contribution in [0.4, 0.5) is 5.95 Å². The molecule has 0 amide bonds. The minimum absolute atomic E-state index is 0.327. The van der Waals surface area contributed by atoms with E-state index in [0.717, 1.165) is 42.0 Å². The first kappa shape index (κ1) is 25.1. The number of unbranched alkanes of at least 4 members (excludes halogenated alkanes) is 3. The average molecular weight is 473 g/mol. The van der Waals surface area contributed by atoms with Gasteiger partial charge in [0.1, 0.15) is 11.8 Å². The number of esters is 1. The summed E-state index contributed by atoms with van der Waals surface area (Å²) in [4.78, 5) is 17.7. The van der Waals surface area contributed by atoms with Gasteiger partial charge >= 0.3 is 5.97 Å². The van der Waals surface area contributed by atoms with Crippen molar-refractivity contribution < 1.29 is 14.3 Å². The lowest BCUT2D eigenvalue weighted by Gasteiger charge is -2.28. The van der Waals surface area contributed by atoms with E-state index in [1.807, 2.05) is 38.1 Å². The largest absolute Gasteiger partial charge is 0.494 e. The molecular weight excluding hydrogens is 436 g/mol. The second-order valence-electron chi connectivity index (χ2n) is 8.19. The molecule has 2 aromatic rings. The molecule has 1 atom stereocenters. The van der Waals surface area contributed by atoms with E-state index in [1.54, 1.807) is 16.4 Å². The second kappa shape index (κ2) is 12.7. The summed E-state index contributed by atoms with van der Waals surface area (Å²) in [6.07, 6.45) is 6.50. The Bertz CT molecular complexity index is 940. The Morgan fingerprint density at radius 3 is 2.55 bits per heavy atom. The maximum absolute atomic E-state index is 13.0. The highest BCUT2D eigenvalue weighted by atomic mass is 32.2. The lowest BCUT2D eigenvalue weighted by Crippen LogP contribution is -2.29. The Hall–Kier alpha value is -2.48. The Morgan fingerprint density at radius 2 is 1.85 bits per heavy atom. The van der Waals surface area contributed by atoms with Gasteiger partial charge in [0.25, 0.3) is 0 Å². The summed E-state index contributed by atoms with van der Waals surface area (Å²) in [5.41, 5.74) is 2.24. The molecular formula is C25H36N4O3S. The topological polar surface area (TPSA) is 78.3 Å². The molecule has 3 rings (SSSR count). The number of carbonyl (C=O) groups is 1. The number of nitrogens with zero attached hydrogens (tertiary/aromatic N) is 3. The molecule has 0 aliphatic carbocycles. The van der Waals surface area contributed by atoms with Crippen molar-refractivity contribution in [3.63, 3.8) is 0 Å². The van der Waals surface area contributed by atoms with Crippen LogP contribution in [0.3, 0.4) is 0 Å². The second-order valence-corrected chi connectivity index (χ2v) is 9.25. The molecule has 2 heterocycles. The van der Waals surface area contributed by atoms with Crippen LogP contribution < -0.4 is 10.1 Å². The SMILES string of the molecule is CCCCCCOc1ccc(C2C(C(=O)OCCC)=C(C)Nc3nc(SCCC)nn32)cc1. The van der Waals surface area contributed by atoms with Crippen LogP contribution in [0.25, 0.3) is 0 Å². The number of fused-ring (bicyclic) bond motifs is 1. The minimum Gasteiger partial charge on any atom is -0.494 e. The predicted molar refractivity (Wildman–Crippen MR) is 133 cm³/mol. The van der Waals surface area contributed by atoms with Crippen LogP contribution in [0.15, 0.2) is 40.7 Å². The van der Waals surface area contributed by atoms with Crippen LogP contribution in [0.1, 0.15) is 77.8 Å². The summed E-state index contributed by atoms with van der Waals surface area (Å²) in [7, 11) is 0. The summed E-state index contributed by atoms with van der Waals surface area (Å²) in [5, 5.41) is 8.68. The van der Waals surface area contributed by atoms with Crippen molar-refractivity contribution in [2.75, 3.05) is 24.3 Å². The molecule has 1 aliphatic rings. The Kier molecular flexibility index (Phi) is 9.66. The normalized spacial score (nSPS) is 15.2. The van der Waals surface area contributed by atoms with Gasteiger partial charge in [0.15, 0.2) is 0 Å². The number of allylic oxidation sites excluding steroid dienone is 1. The van der Waals surface area contributed by atoms with Crippen molar-refractivity contribution in [2.45, 2.75) is 77.4 Å². The van der Waals surface area contributed by atoms with Crippen molar-refractivity contribution in [1.82, 2.24) is 14.8 Å². The lowest BCUT2D eigenvalue weighted by atomic mass is 9.96. The van der Waals surface area contributed by atoms with Gasteiger partial charge in [-0.15, -0.1) is 5.10 Å². The van der Waals surface area contributed by atoms with Gasteiger partial charge < -0.3 is 14.8 Å². The van der Waals surface area contributed by atoms with Crippen LogP contribution in [0, 0.1) is 0 Å². The van der Waals surface area contributed by atoms with Crippen molar-refractivity contribution in [3.8, 4) is 5.75 Å². The molecule has 7 nitrogen and oxygen atoms in total. The fraction of sp³-hybridized carbons (Fsp3) is 0.560. The van der Waals surface area contributed by atoms with Gasteiger partial charge in [-0.25, -0.2) is 9.48 Å². The molecule has 0 bridgehead atoms. The van der Waals surface area contributed by atoms with E-state index in [0.29, 0.717) is 29.9 Å². The Labute approximate surface area is 201 Å². The summed E-state index contributed by atoms with van der Waals surface area (Å²) in [5.74, 6) is 2.08. The molecule has 1 aromatic carbocycles. The van der Waals surface area contributed by atoms with Crippen molar-refractivity contribution in [2.24, 2.45) is 0 Å². The molecule has 180 valence electrons. The number of hydrogen-bond acceptors (Lipinski definition) is 7. The van der Waals surface area contributed by atoms with E-state index in [1.165, 1.54) is 19.3 Å². The van der Waals surface area contributed by atoms with Crippen LogP contribution in [0.5, 0.6) is 5.75 Å². The van der Waals surface area contributed by atoms with E-state index in [9.17, 15) is 4.79 Å². The molecule has 33 heavy (non-hydrogen) atoms. The molecule has 0 saturated heterocycles. The first-order chi connectivity index (χ1) is 16.1. The van der Waals surface area contributed by atoms with Gasteiger partial charge in [-0.3, -0.25) is 0 Å². The van der Waals surface area contributed by atoms with E-state index in [2.05, 4.69) is 24.1 Å². The third kappa shape index (κ3) is 6.53. The van der Waals surface area contributed by atoms with Crippen LogP contribution in [-0.2, 0) is 9.53 Å². The number of anilines is 1. The third-order valence-electron chi connectivity index (χ3n) is 5.39.